The summed E-state index contributed by atoms with van der Waals surface area (Å²) in [6.45, 7) is 5.52. The van der Waals surface area contributed by atoms with Gasteiger partial charge in [-0.1, -0.05) is 25.8 Å². The molecule has 0 aliphatic heterocycles. The molecule has 0 radical (unpaired) electrons. The molecule has 1 atom stereocenters. The predicted octanol–water partition coefficient (Wildman–Crippen LogP) is 1.66. The van der Waals surface area contributed by atoms with E-state index in [1.165, 1.54) is 12.8 Å². The molecule has 1 heterocycles. The van der Waals surface area contributed by atoms with Crippen molar-refractivity contribution in [2.75, 3.05) is 6.54 Å². The molecule has 1 fully saturated rings. The van der Waals surface area contributed by atoms with E-state index >= 15 is 0 Å². The molecule has 0 saturated heterocycles. The zero-order valence-electron chi connectivity index (χ0n) is 12.1. The van der Waals surface area contributed by atoms with Gasteiger partial charge in [-0.25, -0.2) is 18.1 Å². The Kier molecular flexibility index (Phi) is 5.12. The quantitative estimate of drug-likeness (QED) is 0.765. The van der Waals surface area contributed by atoms with Crippen molar-refractivity contribution < 1.29 is 8.42 Å². The fourth-order valence-electron chi connectivity index (χ4n) is 2.17. The maximum atomic E-state index is 12.2. The third kappa shape index (κ3) is 4.54. The minimum absolute atomic E-state index is 0.0317. The molecule has 112 valence electrons. The van der Waals surface area contributed by atoms with Crippen LogP contribution in [0.4, 0.5) is 0 Å². The molecule has 20 heavy (non-hydrogen) atoms. The molecule has 0 bridgehead atoms. The molecule has 0 aromatic carbocycles. The van der Waals surface area contributed by atoms with Crippen molar-refractivity contribution in [1.82, 2.24) is 15.0 Å². The monoisotopic (exact) mass is 297 g/mol. The van der Waals surface area contributed by atoms with E-state index in [0.29, 0.717) is 12.5 Å². The smallest absolute Gasteiger partial charge is 0.258 e. The van der Waals surface area contributed by atoms with Gasteiger partial charge in [0.1, 0.15) is 0 Å². The van der Waals surface area contributed by atoms with Crippen LogP contribution in [-0.4, -0.2) is 26.0 Å². The van der Waals surface area contributed by atoms with Gasteiger partial charge in [-0.2, -0.15) is 0 Å². The normalized spacial score (nSPS) is 17.1. The van der Waals surface area contributed by atoms with Crippen LogP contribution in [0, 0.1) is 5.92 Å². The number of rotatable bonds is 8. The van der Waals surface area contributed by atoms with Gasteiger partial charge in [0.25, 0.3) is 10.0 Å². The first-order valence-corrected chi connectivity index (χ1v) is 8.67. The predicted molar refractivity (Wildman–Crippen MR) is 78.7 cm³/mol. The van der Waals surface area contributed by atoms with Crippen LogP contribution in [0.1, 0.15) is 38.7 Å². The summed E-state index contributed by atoms with van der Waals surface area (Å²) in [4.78, 5) is 4.06. The molecule has 1 aliphatic rings. The lowest BCUT2D eigenvalue weighted by molar-refractivity contribution is 0.527. The Morgan fingerprint density at radius 3 is 2.70 bits per heavy atom. The first-order chi connectivity index (χ1) is 9.51. The van der Waals surface area contributed by atoms with Crippen LogP contribution in [0.3, 0.4) is 0 Å². The van der Waals surface area contributed by atoms with Crippen molar-refractivity contribution in [3.63, 3.8) is 0 Å². The molecule has 1 saturated carbocycles. The van der Waals surface area contributed by atoms with Crippen LogP contribution in [0.5, 0.6) is 0 Å². The molecule has 1 unspecified atom stereocenters. The summed E-state index contributed by atoms with van der Waals surface area (Å²) in [5, 5.41) is 3.28. The molecule has 6 heteroatoms. The van der Waals surface area contributed by atoms with Crippen molar-refractivity contribution in [2.45, 2.75) is 50.7 Å². The average molecular weight is 297 g/mol. The average Bonchev–Trinajstić information content (AvgIpc) is 3.20. The van der Waals surface area contributed by atoms with E-state index in [1.54, 1.807) is 18.3 Å². The number of sulfonamides is 1. The summed E-state index contributed by atoms with van der Waals surface area (Å²) < 4.78 is 27.1. The van der Waals surface area contributed by atoms with Gasteiger partial charge in [-0.3, -0.25) is 0 Å². The molecule has 5 nitrogen and oxygen atoms in total. The maximum Gasteiger partial charge on any atom is 0.258 e. The number of pyridine rings is 1. The zero-order valence-corrected chi connectivity index (χ0v) is 12.9. The van der Waals surface area contributed by atoms with E-state index in [0.717, 1.165) is 18.5 Å². The molecule has 1 aliphatic carbocycles. The summed E-state index contributed by atoms with van der Waals surface area (Å²) in [6, 6.07) is 3.34. The second-order valence-electron chi connectivity index (χ2n) is 5.49. The molecule has 2 N–H and O–H groups in total. The van der Waals surface area contributed by atoms with Gasteiger partial charge in [0, 0.05) is 18.8 Å². The first-order valence-electron chi connectivity index (χ1n) is 7.19. The number of hydrogen-bond acceptors (Lipinski definition) is 4. The van der Waals surface area contributed by atoms with E-state index in [4.69, 9.17) is 0 Å². The Hall–Kier alpha value is -0.980. The Bertz CT molecular complexity index is 524. The van der Waals surface area contributed by atoms with Crippen LogP contribution in [-0.2, 0) is 16.6 Å². The molecule has 1 aromatic rings. The Morgan fingerprint density at radius 2 is 2.15 bits per heavy atom. The van der Waals surface area contributed by atoms with Crippen LogP contribution >= 0.6 is 0 Å². The van der Waals surface area contributed by atoms with Crippen molar-refractivity contribution in [2.24, 2.45) is 5.92 Å². The van der Waals surface area contributed by atoms with Crippen molar-refractivity contribution in [1.29, 1.82) is 0 Å². The number of hydrogen-bond donors (Lipinski definition) is 2. The number of aromatic nitrogens is 1. The summed E-state index contributed by atoms with van der Waals surface area (Å²) in [5.41, 5.74) is 0.983. The van der Waals surface area contributed by atoms with Gasteiger partial charge in [0.05, 0.1) is 0 Å². The summed E-state index contributed by atoms with van der Waals surface area (Å²) in [7, 11) is -3.50. The van der Waals surface area contributed by atoms with Crippen LogP contribution in [0.15, 0.2) is 23.4 Å². The van der Waals surface area contributed by atoms with E-state index < -0.39 is 10.0 Å². The molecule has 0 spiro atoms. The van der Waals surface area contributed by atoms with Crippen LogP contribution in [0.2, 0.25) is 0 Å². The first kappa shape index (κ1) is 15.4. The molecular weight excluding hydrogens is 274 g/mol. The lowest BCUT2D eigenvalue weighted by Crippen LogP contribution is -2.33. The van der Waals surface area contributed by atoms with Gasteiger partial charge < -0.3 is 5.32 Å². The van der Waals surface area contributed by atoms with Crippen LogP contribution < -0.4 is 10.0 Å². The second kappa shape index (κ2) is 6.65. The standard InChI is InChI=1S/C14H23N3O2S/c1-3-15-9-13-6-7-14(16-10-13)20(18,19)17-11(2)8-12-4-5-12/h6-7,10-12,15,17H,3-5,8-9H2,1-2H3. The lowest BCUT2D eigenvalue weighted by Gasteiger charge is -2.13. The summed E-state index contributed by atoms with van der Waals surface area (Å²) in [6.07, 6.45) is 4.98. The molecule has 2 rings (SSSR count). The van der Waals surface area contributed by atoms with Gasteiger partial charge in [-0.15, -0.1) is 0 Å². The van der Waals surface area contributed by atoms with Crippen LogP contribution in [0.25, 0.3) is 0 Å². The highest BCUT2D eigenvalue weighted by Gasteiger charge is 2.26. The Balaban J connectivity index is 1.97. The minimum atomic E-state index is -3.50. The zero-order chi connectivity index (χ0) is 14.6. The fourth-order valence-corrected chi connectivity index (χ4v) is 3.36. The molecular formula is C14H23N3O2S. The highest BCUT2D eigenvalue weighted by atomic mass is 32.2. The van der Waals surface area contributed by atoms with E-state index in [9.17, 15) is 8.42 Å². The highest BCUT2D eigenvalue weighted by molar-refractivity contribution is 7.89. The molecule has 1 aromatic heterocycles. The Morgan fingerprint density at radius 1 is 1.40 bits per heavy atom. The maximum absolute atomic E-state index is 12.2. The van der Waals surface area contributed by atoms with E-state index in [2.05, 4.69) is 15.0 Å². The third-order valence-electron chi connectivity index (χ3n) is 3.39. The minimum Gasteiger partial charge on any atom is -0.313 e. The number of nitrogens with zero attached hydrogens (tertiary/aromatic N) is 1. The van der Waals surface area contributed by atoms with Gasteiger partial charge in [0.2, 0.25) is 0 Å². The van der Waals surface area contributed by atoms with Gasteiger partial charge in [-0.05, 0) is 37.4 Å². The third-order valence-corrected chi connectivity index (χ3v) is 4.90. The van der Waals surface area contributed by atoms with E-state index in [-0.39, 0.29) is 11.1 Å². The summed E-state index contributed by atoms with van der Waals surface area (Å²) in [5.74, 6) is 0.697. The van der Waals surface area contributed by atoms with Gasteiger partial charge in [0.15, 0.2) is 5.03 Å². The fraction of sp³-hybridized carbons (Fsp3) is 0.643. The highest BCUT2D eigenvalue weighted by Crippen LogP contribution is 2.33. The Labute approximate surface area is 121 Å². The van der Waals surface area contributed by atoms with Crippen molar-refractivity contribution in [3.8, 4) is 0 Å². The van der Waals surface area contributed by atoms with Crippen molar-refractivity contribution in [3.05, 3.63) is 23.9 Å². The molecule has 0 amide bonds. The topological polar surface area (TPSA) is 71.1 Å². The van der Waals surface area contributed by atoms with E-state index in [1.807, 2.05) is 13.8 Å². The summed E-state index contributed by atoms with van der Waals surface area (Å²) >= 11 is 0. The van der Waals surface area contributed by atoms with Gasteiger partial charge >= 0.3 is 0 Å². The van der Waals surface area contributed by atoms with Crippen molar-refractivity contribution >= 4 is 10.0 Å². The SMILES string of the molecule is CCNCc1ccc(S(=O)(=O)NC(C)CC2CC2)nc1. The number of nitrogens with one attached hydrogen (secondary N) is 2. The lowest BCUT2D eigenvalue weighted by atomic mass is 10.2. The second-order valence-corrected chi connectivity index (χ2v) is 7.15. The largest absolute Gasteiger partial charge is 0.313 e.